The summed E-state index contributed by atoms with van der Waals surface area (Å²) in [6.45, 7) is 0. The molecule has 1 N–H and O–H groups in total. The van der Waals surface area contributed by atoms with E-state index in [9.17, 15) is 4.79 Å². The Balaban J connectivity index is 1.26. The van der Waals surface area contributed by atoms with Crippen LogP contribution in [-0.2, 0) is 17.6 Å². The van der Waals surface area contributed by atoms with E-state index in [2.05, 4.69) is 42.5 Å². The van der Waals surface area contributed by atoms with E-state index in [0.717, 1.165) is 27.1 Å². The summed E-state index contributed by atoms with van der Waals surface area (Å²) in [5, 5.41) is 12.3. The van der Waals surface area contributed by atoms with Crippen LogP contribution in [0.1, 0.15) is 10.9 Å². The Morgan fingerprint density at radius 1 is 1.11 bits per heavy atom. The summed E-state index contributed by atoms with van der Waals surface area (Å²) in [7, 11) is 0. The summed E-state index contributed by atoms with van der Waals surface area (Å²) in [6.07, 6.45) is 1.37. The lowest BCUT2D eigenvalue weighted by molar-refractivity contribution is -0.113. The Morgan fingerprint density at radius 2 is 1.93 bits per heavy atom. The van der Waals surface area contributed by atoms with Gasteiger partial charge in [-0.3, -0.25) is 4.79 Å². The number of nitrogens with zero attached hydrogens (tertiary/aromatic N) is 3. The van der Waals surface area contributed by atoms with Gasteiger partial charge in [0, 0.05) is 23.0 Å². The van der Waals surface area contributed by atoms with Gasteiger partial charge in [0.25, 0.3) is 5.22 Å². The molecule has 2 heterocycles. The van der Waals surface area contributed by atoms with Gasteiger partial charge in [0.1, 0.15) is 0 Å². The molecular formula is C19H15BrN4O2S2. The maximum Gasteiger partial charge on any atom is 0.277 e. The summed E-state index contributed by atoms with van der Waals surface area (Å²) < 4.78 is 7.77. The van der Waals surface area contributed by atoms with Crippen LogP contribution in [0.5, 0.6) is 0 Å². The number of benzene rings is 2. The smallest absolute Gasteiger partial charge is 0.277 e. The number of carbonyl (C=O) groups is 1. The minimum Gasteiger partial charge on any atom is -0.416 e. The largest absolute Gasteiger partial charge is 0.416 e. The van der Waals surface area contributed by atoms with Crippen molar-refractivity contribution in [2.75, 3.05) is 11.1 Å². The second-order valence-electron chi connectivity index (χ2n) is 5.88. The van der Waals surface area contributed by atoms with Gasteiger partial charge in [-0.1, -0.05) is 39.8 Å². The highest BCUT2D eigenvalue weighted by Crippen LogP contribution is 2.23. The van der Waals surface area contributed by atoms with E-state index in [1.54, 1.807) is 11.3 Å². The third-order valence-electron chi connectivity index (χ3n) is 3.79. The van der Waals surface area contributed by atoms with E-state index in [1.165, 1.54) is 16.5 Å². The van der Waals surface area contributed by atoms with Gasteiger partial charge in [-0.25, -0.2) is 4.98 Å². The number of nitrogens with one attached hydrogen (secondary N) is 1. The summed E-state index contributed by atoms with van der Waals surface area (Å²) in [6, 6.07) is 15.5. The maximum absolute atomic E-state index is 12.0. The van der Waals surface area contributed by atoms with Gasteiger partial charge in [0.15, 0.2) is 0 Å². The SMILES string of the molecule is O=C(CSc1nnc(CCc2nc3ccccc3s2)o1)Nc1ccc(Br)cc1. The van der Waals surface area contributed by atoms with Crippen molar-refractivity contribution in [3.8, 4) is 0 Å². The minimum atomic E-state index is -0.124. The number of thiazole rings is 1. The number of rotatable bonds is 7. The number of hydrogen-bond acceptors (Lipinski definition) is 7. The van der Waals surface area contributed by atoms with E-state index < -0.39 is 0 Å². The van der Waals surface area contributed by atoms with Crippen LogP contribution in [0.15, 0.2) is 62.6 Å². The number of anilines is 1. The van der Waals surface area contributed by atoms with Crippen LogP contribution in [0.3, 0.4) is 0 Å². The molecule has 0 aliphatic carbocycles. The summed E-state index contributed by atoms with van der Waals surface area (Å²) in [5.41, 5.74) is 1.76. The molecule has 9 heteroatoms. The van der Waals surface area contributed by atoms with Crippen molar-refractivity contribution in [1.29, 1.82) is 0 Å². The molecular weight excluding hydrogens is 460 g/mol. The van der Waals surface area contributed by atoms with Gasteiger partial charge >= 0.3 is 0 Å². The van der Waals surface area contributed by atoms with E-state index in [1.807, 2.05) is 42.5 Å². The first-order chi connectivity index (χ1) is 13.7. The number of halogens is 1. The molecule has 0 spiro atoms. The van der Waals surface area contributed by atoms with Crippen molar-refractivity contribution >= 4 is 60.8 Å². The van der Waals surface area contributed by atoms with Crippen LogP contribution in [0, 0.1) is 0 Å². The molecule has 1 amide bonds. The lowest BCUT2D eigenvalue weighted by Crippen LogP contribution is -2.13. The van der Waals surface area contributed by atoms with Gasteiger partial charge in [-0.15, -0.1) is 21.5 Å². The predicted octanol–water partition coefficient (Wildman–Crippen LogP) is 4.96. The molecule has 142 valence electrons. The average molecular weight is 475 g/mol. The molecule has 0 fully saturated rings. The molecule has 0 saturated heterocycles. The Hall–Kier alpha value is -2.23. The van der Waals surface area contributed by atoms with Crippen LogP contribution >= 0.6 is 39.0 Å². The molecule has 0 aliphatic heterocycles. The topological polar surface area (TPSA) is 80.9 Å². The molecule has 2 aromatic heterocycles. The molecule has 4 aromatic rings. The van der Waals surface area contributed by atoms with Crippen molar-refractivity contribution in [1.82, 2.24) is 15.2 Å². The normalized spacial score (nSPS) is 11.0. The molecule has 2 aromatic carbocycles. The molecule has 0 atom stereocenters. The number of para-hydroxylation sites is 1. The first-order valence-corrected chi connectivity index (χ1v) is 11.1. The first kappa shape index (κ1) is 19.1. The highest BCUT2D eigenvalue weighted by atomic mass is 79.9. The zero-order chi connectivity index (χ0) is 19.3. The monoisotopic (exact) mass is 474 g/mol. The van der Waals surface area contributed by atoms with E-state index in [-0.39, 0.29) is 11.7 Å². The number of aryl methyl sites for hydroxylation is 2. The zero-order valence-electron chi connectivity index (χ0n) is 14.6. The van der Waals surface area contributed by atoms with Crippen molar-refractivity contribution in [2.24, 2.45) is 0 Å². The van der Waals surface area contributed by atoms with Crippen LogP contribution < -0.4 is 5.32 Å². The average Bonchev–Trinajstić information content (AvgIpc) is 3.33. The van der Waals surface area contributed by atoms with Gasteiger partial charge in [0.2, 0.25) is 11.8 Å². The fourth-order valence-corrected chi connectivity index (χ4v) is 4.31. The number of amides is 1. The number of fused-ring (bicyclic) bond motifs is 1. The van der Waals surface area contributed by atoms with Crippen molar-refractivity contribution < 1.29 is 9.21 Å². The number of aromatic nitrogens is 3. The molecule has 0 bridgehead atoms. The van der Waals surface area contributed by atoms with Crippen molar-refractivity contribution in [3.05, 3.63) is 63.9 Å². The van der Waals surface area contributed by atoms with E-state index in [4.69, 9.17) is 4.42 Å². The minimum absolute atomic E-state index is 0.124. The van der Waals surface area contributed by atoms with Crippen LogP contribution in [0.4, 0.5) is 5.69 Å². The highest BCUT2D eigenvalue weighted by Gasteiger charge is 2.11. The van der Waals surface area contributed by atoms with Gasteiger partial charge in [0.05, 0.1) is 21.0 Å². The Kier molecular flexibility index (Phi) is 6.04. The van der Waals surface area contributed by atoms with E-state index in [0.29, 0.717) is 17.5 Å². The molecule has 0 saturated carbocycles. The van der Waals surface area contributed by atoms with Crippen LogP contribution in [-0.4, -0.2) is 26.8 Å². The summed E-state index contributed by atoms with van der Waals surface area (Å²) in [5.74, 6) is 0.631. The van der Waals surface area contributed by atoms with Gasteiger partial charge in [-0.05, 0) is 36.4 Å². The lowest BCUT2D eigenvalue weighted by atomic mass is 10.3. The standard InChI is InChI=1S/C19H15BrN4O2S2/c20-12-5-7-13(8-6-12)21-16(25)11-27-19-24-23-17(26-19)9-10-18-22-14-3-1-2-4-15(14)28-18/h1-8H,9-11H2,(H,21,25). The maximum atomic E-state index is 12.0. The molecule has 0 aliphatic rings. The van der Waals surface area contributed by atoms with Crippen LogP contribution in [0.25, 0.3) is 10.2 Å². The second-order valence-corrected chi connectivity index (χ2v) is 8.84. The number of hydrogen-bond donors (Lipinski definition) is 1. The third-order valence-corrected chi connectivity index (χ3v) is 6.24. The molecule has 0 radical (unpaired) electrons. The highest BCUT2D eigenvalue weighted by molar-refractivity contribution is 9.10. The van der Waals surface area contributed by atoms with Crippen molar-refractivity contribution in [3.63, 3.8) is 0 Å². The van der Waals surface area contributed by atoms with Crippen molar-refractivity contribution in [2.45, 2.75) is 18.1 Å². The summed E-state index contributed by atoms with van der Waals surface area (Å²) >= 11 is 6.26. The predicted molar refractivity (Wildman–Crippen MR) is 115 cm³/mol. The quantitative estimate of drug-likeness (QED) is 0.381. The molecule has 0 unspecified atom stereocenters. The Labute approximate surface area is 177 Å². The fraction of sp³-hybridized carbons (Fsp3) is 0.158. The molecule has 28 heavy (non-hydrogen) atoms. The van der Waals surface area contributed by atoms with Crippen LogP contribution in [0.2, 0.25) is 0 Å². The van der Waals surface area contributed by atoms with Gasteiger partial charge < -0.3 is 9.73 Å². The zero-order valence-corrected chi connectivity index (χ0v) is 17.8. The third kappa shape index (κ3) is 4.98. The number of carbonyl (C=O) groups excluding carboxylic acids is 1. The first-order valence-electron chi connectivity index (χ1n) is 8.51. The molecule has 6 nitrogen and oxygen atoms in total. The lowest BCUT2D eigenvalue weighted by Gasteiger charge is -2.03. The summed E-state index contributed by atoms with van der Waals surface area (Å²) in [4.78, 5) is 16.6. The number of thioether (sulfide) groups is 1. The second kappa shape index (κ2) is 8.85. The van der Waals surface area contributed by atoms with E-state index >= 15 is 0 Å². The fourth-order valence-electron chi connectivity index (χ4n) is 2.50. The Morgan fingerprint density at radius 3 is 2.75 bits per heavy atom. The van der Waals surface area contributed by atoms with Gasteiger partial charge in [-0.2, -0.15) is 0 Å². The Bertz CT molecular complexity index is 1060. The molecule has 4 rings (SSSR count).